The van der Waals surface area contributed by atoms with Crippen LogP contribution in [0.5, 0.6) is 0 Å². The lowest BCUT2D eigenvalue weighted by atomic mass is 9.97. The third-order valence-electron chi connectivity index (χ3n) is 4.48. The lowest BCUT2D eigenvalue weighted by molar-refractivity contribution is -0.136. The van der Waals surface area contributed by atoms with Crippen LogP contribution in [0.25, 0.3) is 21.5 Å². The number of fused-ring (bicyclic) bond motifs is 2. The number of hydrogen-bond acceptors (Lipinski definition) is 3. The molecule has 142 valence electrons. The summed E-state index contributed by atoms with van der Waals surface area (Å²) in [5, 5.41) is 11.2. The Balaban J connectivity index is 1.55. The van der Waals surface area contributed by atoms with Crippen molar-refractivity contribution < 1.29 is 9.59 Å². The summed E-state index contributed by atoms with van der Waals surface area (Å²) < 4.78 is 0. The lowest BCUT2D eigenvalue weighted by Crippen LogP contribution is -2.32. The lowest BCUT2D eigenvalue weighted by Gasteiger charge is -2.08. The Hall–Kier alpha value is -3.70. The van der Waals surface area contributed by atoms with E-state index in [1.54, 1.807) is 30.5 Å². The van der Waals surface area contributed by atoms with Crippen molar-refractivity contribution in [3.8, 4) is 0 Å². The van der Waals surface area contributed by atoms with E-state index in [9.17, 15) is 9.59 Å². The highest BCUT2D eigenvalue weighted by Gasteiger charge is 2.13. The van der Waals surface area contributed by atoms with E-state index >= 15 is 0 Å². The molecule has 0 heterocycles. The van der Waals surface area contributed by atoms with Gasteiger partial charge in [-0.1, -0.05) is 60.1 Å². The Morgan fingerprint density at radius 2 is 1.38 bits per heavy atom. The van der Waals surface area contributed by atoms with Gasteiger partial charge in [-0.25, -0.2) is 5.43 Å². The number of amides is 2. The predicted octanol–water partition coefficient (Wildman–Crippen LogP) is 4.74. The molecule has 0 spiro atoms. The van der Waals surface area contributed by atoms with E-state index in [4.69, 9.17) is 11.6 Å². The summed E-state index contributed by atoms with van der Waals surface area (Å²) in [5.41, 5.74) is 3.63. The molecule has 29 heavy (non-hydrogen) atoms. The largest absolute Gasteiger partial charge is 0.329 e. The predicted molar refractivity (Wildman–Crippen MR) is 117 cm³/mol. The summed E-state index contributed by atoms with van der Waals surface area (Å²) in [7, 11) is 0. The van der Waals surface area contributed by atoms with Gasteiger partial charge < -0.3 is 5.32 Å². The van der Waals surface area contributed by atoms with Crippen molar-refractivity contribution in [3.63, 3.8) is 0 Å². The maximum Gasteiger partial charge on any atom is 0.329 e. The summed E-state index contributed by atoms with van der Waals surface area (Å²) in [6.07, 6.45) is 1.57. The smallest absolute Gasteiger partial charge is 0.318 e. The summed E-state index contributed by atoms with van der Waals surface area (Å²) >= 11 is 5.81. The van der Waals surface area contributed by atoms with Gasteiger partial charge in [-0.3, -0.25) is 9.59 Å². The number of carbonyl (C=O) groups is 2. The molecule has 0 aliphatic heterocycles. The van der Waals surface area contributed by atoms with E-state index in [-0.39, 0.29) is 0 Å². The molecule has 0 bridgehead atoms. The minimum Gasteiger partial charge on any atom is -0.318 e. The second-order valence-electron chi connectivity index (χ2n) is 6.39. The maximum absolute atomic E-state index is 12.1. The molecule has 0 aliphatic carbocycles. The topological polar surface area (TPSA) is 70.6 Å². The average Bonchev–Trinajstić information content (AvgIpc) is 2.74. The number of anilines is 1. The number of halogens is 1. The van der Waals surface area contributed by atoms with Gasteiger partial charge in [0.05, 0.1) is 6.21 Å². The molecule has 0 aliphatic rings. The zero-order valence-corrected chi connectivity index (χ0v) is 16.0. The summed E-state index contributed by atoms with van der Waals surface area (Å²) in [6, 6.07) is 24.5. The molecule has 2 amide bonds. The van der Waals surface area contributed by atoms with E-state index in [0.717, 1.165) is 27.1 Å². The summed E-state index contributed by atoms with van der Waals surface area (Å²) in [6.45, 7) is 0. The van der Waals surface area contributed by atoms with Crippen molar-refractivity contribution in [1.29, 1.82) is 0 Å². The highest BCUT2D eigenvalue weighted by atomic mass is 35.5. The van der Waals surface area contributed by atoms with Crippen molar-refractivity contribution in [1.82, 2.24) is 5.43 Å². The molecule has 5 nitrogen and oxygen atoms in total. The SMILES string of the molecule is O=C(NN=Cc1c2ccccc2cc2ccccc12)C(=O)Nc1ccc(Cl)cc1. The van der Waals surface area contributed by atoms with E-state index in [1.165, 1.54) is 0 Å². The number of nitrogens with zero attached hydrogens (tertiary/aromatic N) is 1. The van der Waals surface area contributed by atoms with Gasteiger partial charge in [-0.05, 0) is 51.9 Å². The van der Waals surface area contributed by atoms with Gasteiger partial charge in [0, 0.05) is 16.3 Å². The van der Waals surface area contributed by atoms with Crippen molar-refractivity contribution in [3.05, 3.63) is 89.4 Å². The molecule has 6 heteroatoms. The quantitative estimate of drug-likeness (QED) is 0.225. The first-order chi connectivity index (χ1) is 14.1. The molecule has 2 N–H and O–H groups in total. The van der Waals surface area contributed by atoms with Crippen LogP contribution in [-0.2, 0) is 9.59 Å². The summed E-state index contributed by atoms with van der Waals surface area (Å²) in [4.78, 5) is 24.1. The minimum atomic E-state index is -0.860. The van der Waals surface area contributed by atoms with Crippen molar-refractivity contribution in [2.24, 2.45) is 5.10 Å². The minimum absolute atomic E-state index is 0.471. The highest BCUT2D eigenvalue weighted by Crippen LogP contribution is 2.27. The van der Waals surface area contributed by atoms with Crippen LogP contribution in [0.15, 0.2) is 84.0 Å². The molecular weight excluding hydrogens is 386 g/mol. The second-order valence-corrected chi connectivity index (χ2v) is 6.83. The molecule has 0 aromatic heterocycles. The first-order valence-corrected chi connectivity index (χ1v) is 9.30. The highest BCUT2D eigenvalue weighted by molar-refractivity contribution is 6.39. The Labute approximate surface area is 172 Å². The second kappa shape index (κ2) is 8.12. The third-order valence-corrected chi connectivity index (χ3v) is 4.73. The molecule has 0 saturated heterocycles. The standard InChI is InChI=1S/C23H16ClN3O2/c24-17-9-11-18(12-10-17)26-22(28)23(29)27-25-14-21-19-7-3-1-5-15(19)13-16-6-2-4-8-20(16)21/h1-14H,(H,26,28)(H,27,29). The van der Waals surface area contributed by atoms with Gasteiger partial charge in [0.15, 0.2) is 0 Å². The number of benzene rings is 4. The van der Waals surface area contributed by atoms with Gasteiger partial charge >= 0.3 is 11.8 Å². The number of hydrazone groups is 1. The Kier molecular flexibility index (Phi) is 5.22. The molecule has 4 aromatic rings. The third kappa shape index (κ3) is 4.10. The van der Waals surface area contributed by atoms with Gasteiger partial charge in [-0.2, -0.15) is 5.10 Å². The fourth-order valence-electron chi connectivity index (χ4n) is 3.12. The van der Waals surface area contributed by atoms with E-state index in [1.807, 2.05) is 48.5 Å². The molecule has 0 fully saturated rings. The molecular formula is C23H16ClN3O2. The average molecular weight is 402 g/mol. The molecule has 0 radical (unpaired) electrons. The van der Waals surface area contributed by atoms with Crippen LogP contribution in [0.3, 0.4) is 0 Å². The monoisotopic (exact) mass is 401 g/mol. The van der Waals surface area contributed by atoms with E-state index in [2.05, 4.69) is 21.9 Å². The van der Waals surface area contributed by atoms with E-state index in [0.29, 0.717) is 10.7 Å². The number of nitrogens with one attached hydrogen (secondary N) is 2. The van der Waals surface area contributed by atoms with Crippen LogP contribution in [0.4, 0.5) is 5.69 Å². The van der Waals surface area contributed by atoms with Crippen LogP contribution >= 0.6 is 11.6 Å². The first-order valence-electron chi connectivity index (χ1n) is 8.92. The Morgan fingerprint density at radius 3 is 2.00 bits per heavy atom. The van der Waals surface area contributed by atoms with Crippen LogP contribution < -0.4 is 10.7 Å². The van der Waals surface area contributed by atoms with Gasteiger partial charge in [-0.15, -0.1) is 0 Å². The fourth-order valence-corrected chi connectivity index (χ4v) is 3.24. The molecule has 4 rings (SSSR count). The number of carbonyl (C=O) groups excluding carboxylic acids is 2. The zero-order chi connectivity index (χ0) is 20.2. The zero-order valence-electron chi connectivity index (χ0n) is 15.2. The van der Waals surface area contributed by atoms with Crippen LogP contribution in [-0.4, -0.2) is 18.0 Å². The van der Waals surface area contributed by atoms with Crippen LogP contribution in [0, 0.1) is 0 Å². The normalized spacial score (nSPS) is 11.1. The van der Waals surface area contributed by atoms with Crippen molar-refractivity contribution in [2.45, 2.75) is 0 Å². The molecule has 4 aromatic carbocycles. The Bertz CT molecular complexity index is 1200. The van der Waals surface area contributed by atoms with Crippen LogP contribution in [0.2, 0.25) is 5.02 Å². The van der Waals surface area contributed by atoms with Crippen LogP contribution in [0.1, 0.15) is 5.56 Å². The number of rotatable bonds is 3. The van der Waals surface area contributed by atoms with Crippen molar-refractivity contribution in [2.75, 3.05) is 5.32 Å². The van der Waals surface area contributed by atoms with E-state index < -0.39 is 11.8 Å². The van der Waals surface area contributed by atoms with Crippen molar-refractivity contribution >= 4 is 56.9 Å². The van der Waals surface area contributed by atoms with Gasteiger partial charge in [0.1, 0.15) is 0 Å². The Morgan fingerprint density at radius 1 is 0.793 bits per heavy atom. The first kappa shape index (κ1) is 18.7. The van der Waals surface area contributed by atoms with Gasteiger partial charge in [0.25, 0.3) is 0 Å². The summed E-state index contributed by atoms with van der Waals surface area (Å²) in [5.74, 6) is -1.67. The maximum atomic E-state index is 12.1. The molecule has 0 atom stereocenters. The number of hydrogen-bond donors (Lipinski definition) is 2. The molecule has 0 unspecified atom stereocenters. The van der Waals surface area contributed by atoms with Gasteiger partial charge in [0.2, 0.25) is 0 Å². The molecule has 0 saturated carbocycles. The fraction of sp³-hybridized carbons (Fsp3) is 0.